The van der Waals surface area contributed by atoms with E-state index in [0.717, 1.165) is 28.2 Å². The van der Waals surface area contributed by atoms with Crippen molar-refractivity contribution in [1.82, 2.24) is 0 Å². The summed E-state index contributed by atoms with van der Waals surface area (Å²) in [6.07, 6.45) is 0. The van der Waals surface area contributed by atoms with Gasteiger partial charge in [-0.25, -0.2) is 0 Å². The molecule has 0 atom stereocenters. The molecule has 0 spiro atoms. The summed E-state index contributed by atoms with van der Waals surface area (Å²) >= 11 is 12.8. The van der Waals surface area contributed by atoms with Gasteiger partial charge in [0.1, 0.15) is 0 Å². The van der Waals surface area contributed by atoms with Gasteiger partial charge in [-0.05, 0) is 53.1 Å². The van der Waals surface area contributed by atoms with E-state index in [1.54, 1.807) is 6.07 Å². The lowest BCUT2D eigenvalue weighted by Crippen LogP contribution is -2.11. The molecular weight excluding hydrogens is 445 g/mol. The number of anilines is 3. The van der Waals surface area contributed by atoms with Crippen molar-refractivity contribution in [1.29, 1.82) is 0 Å². The molecule has 0 heterocycles. The van der Waals surface area contributed by atoms with Crippen LogP contribution in [0.15, 0.2) is 127 Å². The minimum atomic E-state index is 0.598. The highest BCUT2D eigenvalue weighted by Crippen LogP contribution is 2.42. The summed E-state index contributed by atoms with van der Waals surface area (Å²) in [5.41, 5.74) is 7.61. The number of hydrogen-bond donors (Lipinski definition) is 0. The van der Waals surface area contributed by atoms with Crippen LogP contribution in [-0.2, 0) is 0 Å². The smallest absolute Gasteiger partial charge is 0.0540 e. The molecule has 0 aromatic heterocycles. The third-order valence-electron chi connectivity index (χ3n) is 5.57. The van der Waals surface area contributed by atoms with E-state index in [2.05, 4.69) is 102 Å². The lowest BCUT2D eigenvalue weighted by Gasteiger charge is -2.28. The number of para-hydroxylation sites is 1. The molecule has 0 N–H and O–H groups in total. The lowest BCUT2D eigenvalue weighted by atomic mass is 10.0. The van der Waals surface area contributed by atoms with Crippen LogP contribution in [0.1, 0.15) is 0 Å². The summed E-state index contributed by atoms with van der Waals surface area (Å²) in [4.78, 5) is 2.20. The molecule has 0 fully saturated rings. The van der Waals surface area contributed by atoms with Crippen LogP contribution in [0, 0.1) is 0 Å². The highest BCUT2D eigenvalue weighted by atomic mass is 35.5. The molecule has 5 rings (SSSR count). The normalized spacial score (nSPS) is 10.7. The Labute approximate surface area is 204 Å². The van der Waals surface area contributed by atoms with Crippen LogP contribution in [0.3, 0.4) is 0 Å². The first-order valence-corrected chi connectivity index (χ1v) is 11.5. The fraction of sp³-hybridized carbons (Fsp3) is 0. The van der Waals surface area contributed by atoms with Gasteiger partial charge in [0, 0.05) is 27.0 Å². The van der Waals surface area contributed by atoms with E-state index in [1.807, 2.05) is 24.3 Å². The second-order valence-corrected chi connectivity index (χ2v) is 8.63. The lowest BCUT2D eigenvalue weighted by molar-refractivity contribution is 1.28. The van der Waals surface area contributed by atoms with Crippen LogP contribution in [0.25, 0.3) is 22.3 Å². The van der Waals surface area contributed by atoms with E-state index in [1.165, 1.54) is 11.1 Å². The zero-order valence-electron chi connectivity index (χ0n) is 17.8. The van der Waals surface area contributed by atoms with E-state index >= 15 is 0 Å². The fourth-order valence-electron chi connectivity index (χ4n) is 4.06. The van der Waals surface area contributed by atoms with Gasteiger partial charge in [-0.1, -0.05) is 114 Å². The Bertz CT molecular complexity index is 1340. The van der Waals surface area contributed by atoms with Crippen LogP contribution in [0.4, 0.5) is 17.1 Å². The minimum Gasteiger partial charge on any atom is -0.310 e. The highest BCUT2D eigenvalue weighted by molar-refractivity contribution is 6.35. The maximum Gasteiger partial charge on any atom is 0.0540 e. The first-order valence-electron chi connectivity index (χ1n) is 10.8. The average molecular weight is 466 g/mol. The third kappa shape index (κ3) is 4.66. The molecule has 0 aliphatic heterocycles. The summed E-state index contributed by atoms with van der Waals surface area (Å²) < 4.78 is 0. The number of halogens is 2. The summed E-state index contributed by atoms with van der Waals surface area (Å²) in [6.45, 7) is 0. The van der Waals surface area contributed by atoms with E-state index in [4.69, 9.17) is 23.2 Å². The van der Waals surface area contributed by atoms with Crippen molar-refractivity contribution in [2.45, 2.75) is 0 Å². The van der Waals surface area contributed by atoms with Gasteiger partial charge in [0.2, 0.25) is 0 Å². The molecule has 0 amide bonds. The van der Waals surface area contributed by atoms with E-state index in [-0.39, 0.29) is 0 Å². The van der Waals surface area contributed by atoms with Crippen molar-refractivity contribution in [3.8, 4) is 22.3 Å². The van der Waals surface area contributed by atoms with Crippen LogP contribution >= 0.6 is 23.2 Å². The first-order chi connectivity index (χ1) is 16.2. The average Bonchev–Trinajstić information content (AvgIpc) is 2.86. The standard InChI is InChI=1S/C30H21Cl2N/c31-25-19-26(32)21-28(20-25)33(27-17-15-23(16-18-27)22-9-3-1-4-10-22)30-14-8-7-13-29(30)24-11-5-2-6-12-24/h1-21H. The summed E-state index contributed by atoms with van der Waals surface area (Å²) in [6, 6.07) is 43.4. The Morgan fingerprint density at radius 2 is 0.939 bits per heavy atom. The van der Waals surface area contributed by atoms with Gasteiger partial charge in [-0.2, -0.15) is 0 Å². The molecule has 160 valence electrons. The van der Waals surface area contributed by atoms with Crippen molar-refractivity contribution in [2.24, 2.45) is 0 Å². The molecule has 0 radical (unpaired) electrons. The summed E-state index contributed by atoms with van der Waals surface area (Å²) in [5, 5.41) is 1.20. The van der Waals surface area contributed by atoms with Crippen LogP contribution in [-0.4, -0.2) is 0 Å². The SMILES string of the molecule is Clc1cc(Cl)cc(N(c2ccc(-c3ccccc3)cc2)c2ccccc2-c2ccccc2)c1. The van der Waals surface area contributed by atoms with Crippen molar-refractivity contribution in [3.05, 3.63) is 137 Å². The summed E-state index contributed by atoms with van der Waals surface area (Å²) in [5.74, 6) is 0. The van der Waals surface area contributed by atoms with Crippen molar-refractivity contribution in [3.63, 3.8) is 0 Å². The first kappa shape index (κ1) is 21.3. The number of benzene rings is 5. The highest BCUT2D eigenvalue weighted by Gasteiger charge is 2.18. The van der Waals surface area contributed by atoms with Gasteiger partial charge in [-0.3, -0.25) is 0 Å². The van der Waals surface area contributed by atoms with E-state index in [9.17, 15) is 0 Å². The Balaban J connectivity index is 1.68. The van der Waals surface area contributed by atoms with Crippen LogP contribution < -0.4 is 4.90 Å². The molecule has 0 saturated heterocycles. The van der Waals surface area contributed by atoms with E-state index in [0.29, 0.717) is 10.0 Å². The van der Waals surface area contributed by atoms with Gasteiger partial charge >= 0.3 is 0 Å². The van der Waals surface area contributed by atoms with Crippen molar-refractivity contribution >= 4 is 40.3 Å². The molecule has 1 nitrogen and oxygen atoms in total. The van der Waals surface area contributed by atoms with Gasteiger partial charge in [0.15, 0.2) is 0 Å². The Hall–Kier alpha value is -3.52. The van der Waals surface area contributed by atoms with Gasteiger partial charge in [-0.15, -0.1) is 0 Å². The van der Waals surface area contributed by atoms with Gasteiger partial charge in [0.25, 0.3) is 0 Å². The van der Waals surface area contributed by atoms with E-state index < -0.39 is 0 Å². The zero-order valence-corrected chi connectivity index (χ0v) is 19.3. The fourth-order valence-corrected chi connectivity index (χ4v) is 4.57. The van der Waals surface area contributed by atoms with Crippen LogP contribution in [0.5, 0.6) is 0 Å². The maximum atomic E-state index is 6.42. The van der Waals surface area contributed by atoms with Crippen molar-refractivity contribution in [2.75, 3.05) is 4.90 Å². The zero-order chi connectivity index (χ0) is 22.6. The van der Waals surface area contributed by atoms with Gasteiger partial charge < -0.3 is 4.90 Å². The molecule has 0 unspecified atom stereocenters. The summed E-state index contributed by atoms with van der Waals surface area (Å²) in [7, 11) is 0. The topological polar surface area (TPSA) is 3.24 Å². The number of rotatable bonds is 5. The number of nitrogens with zero attached hydrogens (tertiary/aromatic N) is 1. The van der Waals surface area contributed by atoms with Crippen LogP contribution in [0.2, 0.25) is 10.0 Å². The predicted octanol–water partition coefficient (Wildman–Crippen LogP) is 9.80. The third-order valence-corrected chi connectivity index (χ3v) is 6.00. The number of hydrogen-bond acceptors (Lipinski definition) is 1. The quantitative estimate of drug-likeness (QED) is 0.249. The predicted molar refractivity (Wildman–Crippen MR) is 142 cm³/mol. The Kier molecular flexibility index (Phi) is 6.17. The molecule has 3 heteroatoms. The molecule has 5 aromatic carbocycles. The maximum absolute atomic E-state index is 6.42. The monoisotopic (exact) mass is 465 g/mol. The molecule has 5 aromatic rings. The molecular formula is C30H21Cl2N. The molecule has 0 bridgehead atoms. The largest absolute Gasteiger partial charge is 0.310 e. The second kappa shape index (κ2) is 9.54. The molecule has 0 saturated carbocycles. The Morgan fingerprint density at radius 3 is 1.58 bits per heavy atom. The van der Waals surface area contributed by atoms with Gasteiger partial charge in [0.05, 0.1) is 5.69 Å². The Morgan fingerprint density at radius 1 is 0.424 bits per heavy atom. The minimum absolute atomic E-state index is 0.598. The molecule has 0 aliphatic rings. The second-order valence-electron chi connectivity index (χ2n) is 7.76. The van der Waals surface area contributed by atoms with Crippen molar-refractivity contribution < 1.29 is 0 Å². The molecule has 0 aliphatic carbocycles. The molecule has 33 heavy (non-hydrogen) atoms.